The number of nitrogens with zero attached hydrogens (tertiary/aromatic N) is 3. The fourth-order valence-corrected chi connectivity index (χ4v) is 2.91. The SMILES string of the molecule is OC[C@@H](O)[C@H](O)COc1nc(N2CCNCC2)nc2c1CCC2. The maximum atomic E-state index is 9.75. The molecule has 2 atom stereocenters. The molecule has 2 aliphatic rings. The van der Waals surface area contributed by atoms with Crippen molar-refractivity contribution in [1.29, 1.82) is 0 Å². The van der Waals surface area contributed by atoms with Crippen LogP contribution in [0.5, 0.6) is 5.88 Å². The van der Waals surface area contributed by atoms with Crippen molar-refractivity contribution in [2.75, 3.05) is 44.3 Å². The van der Waals surface area contributed by atoms with Crippen LogP contribution in [0.2, 0.25) is 0 Å². The van der Waals surface area contributed by atoms with Gasteiger partial charge in [-0.25, -0.2) is 4.98 Å². The molecule has 1 aliphatic heterocycles. The highest BCUT2D eigenvalue weighted by molar-refractivity contribution is 5.42. The summed E-state index contributed by atoms with van der Waals surface area (Å²) in [4.78, 5) is 11.3. The smallest absolute Gasteiger partial charge is 0.228 e. The van der Waals surface area contributed by atoms with E-state index in [-0.39, 0.29) is 6.61 Å². The third-order valence-electron chi connectivity index (χ3n) is 4.31. The average molecular weight is 324 g/mol. The van der Waals surface area contributed by atoms with Gasteiger partial charge in [-0.1, -0.05) is 0 Å². The molecule has 0 unspecified atom stereocenters. The molecular formula is C15H24N4O4. The van der Waals surface area contributed by atoms with E-state index in [1.807, 2.05) is 0 Å². The molecule has 0 amide bonds. The molecule has 0 radical (unpaired) electrons. The van der Waals surface area contributed by atoms with Crippen molar-refractivity contribution in [1.82, 2.24) is 15.3 Å². The van der Waals surface area contributed by atoms with E-state index in [2.05, 4.69) is 20.2 Å². The number of aliphatic hydroxyl groups is 3. The summed E-state index contributed by atoms with van der Waals surface area (Å²) in [7, 11) is 0. The third-order valence-corrected chi connectivity index (χ3v) is 4.31. The first-order valence-electron chi connectivity index (χ1n) is 8.14. The van der Waals surface area contributed by atoms with Crippen LogP contribution in [0.25, 0.3) is 0 Å². The van der Waals surface area contributed by atoms with Crippen LogP contribution in [0.3, 0.4) is 0 Å². The van der Waals surface area contributed by atoms with Gasteiger partial charge in [-0.2, -0.15) is 4.98 Å². The Labute approximate surface area is 135 Å². The third kappa shape index (κ3) is 3.72. The molecular weight excluding hydrogens is 300 g/mol. The first kappa shape index (κ1) is 16.4. The summed E-state index contributed by atoms with van der Waals surface area (Å²) in [6.45, 7) is 2.90. The second-order valence-electron chi connectivity index (χ2n) is 5.97. The van der Waals surface area contributed by atoms with E-state index in [0.717, 1.165) is 56.7 Å². The number of hydrogen-bond donors (Lipinski definition) is 4. The molecule has 2 heterocycles. The van der Waals surface area contributed by atoms with Gasteiger partial charge in [0.05, 0.1) is 12.3 Å². The average Bonchev–Trinajstić information content (AvgIpc) is 3.08. The Morgan fingerprint density at radius 2 is 1.91 bits per heavy atom. The fourth-order valence-electron chi connectivity index (χ4n) is 2.91. The number of hydrogen-bond acceptors (Lipinski definition) is 8. The molecule has 23 heavy (non-hydrogen) atoms. The van der Waals surface area contributed by atoms with Crippen molar-refractivity contribution >= 4 is 5.95 Å². The van der Waals surface area contributed by atoms with Crippen molar-refractivity contribution in [3.63, 3.8) is 0 Å². The molecule has 1 saturated heterocycles. The maximum Gasteiger partial charge on any atom is 0.228 e. The zero-order chi connectivity index (χ0) is 16.2. The first-order chi connectivity index (χ1) is 11.2. The molecule has 128 valence electrons. The van der Waals surface area contributed by atoms with Gasteiger partial charge in [-0.3, -0.25) is 0 Å². The van der Waals surface area contributed by atoms with Gasteiger partial charge in [0.25, 0.3) is 0 Å². The van der Waals surface area contributed by atoms with Crippen molar-refractivity contribution < 1.29 is 20.1 Å². The van der Waals surface area contributed by atoms with Crippen molar-refractivity contribution in [2.24, 2.45) is 0 Å². The minimum atomic E-state index is -1.21. The Balaban J connectivity index is 1.76. The lowest BCUT2D eigenvalue weighted by Crippen LogP contribution is -2.44. The van der Waals surface area contributed by atoms with Crippen LogP contribution in [0.15, 0.2) is 0 Å². The molecule has 0 bridgehead atoms. The summed E-state index contributed by atoms with van der Waals surface area (Å²) in [5.41, 5.74) is 2.01. The molecule has 0 saturated carbocycles. The summed E-state index contributed by atoms with van der Waals surface area (Å²) in [5, 5.41) is 31.3. The van der Waals surface area contributed by atoms with Crippen molar-refractivity contribution in [3.05, 3.63) is 11.3 Å². The van der Waals surface area contributed by atoms with Crippen LogP contribution in [0.4, 0.5) is 5.95 Å². The molecule has 1 aromatic heterocycles. The van der Waals surface area contributed by atoms with Gasteiger partial charge >= 0.3 is 0 Å². The van der Waals surface area contributed by atoms with Crippen LogP contribution in [-0.4, -0.2) is 76.9 Å². The number of rotatable bonds is 6. The summed E-state index contributed by atoms with van der Waals surface area (Å²) in [6, 6.07) is 0. The Kier molecular flexibility index (Phi) is 5.27. The number of fused-ring (bicyclic) bond motifs is 1. The second-order valence-corrected chi connectivity index (χ2v) is 5.97. The van der Waals surface area contributed by atoms with E-state index in [0.29, 0.717) is 11.8 Å². The van der Waals surface area contributed by atoms with E-state index >= 15 is 0 Å². The van der Waals surface area contributed by atoms with Gasteiger partial charge in [-0.15, -0.1) is 0 Å². The number of piperazine rings is 1. The van der Waals surface area contributed by atoms with E-state index in [1.165, 1.54) is 0 Å². The molecule has 0 spiro atoms. The van der Waals surface area contributed by atoms with Crippen LogP contribution < -0.4 is 15.0 Å². The standard InChI is InChI=1S/C15H24N4O4/c20-8-12(21)13(22)9-23-14-10-2-1-3-11(10)17-15(18-14)19-6-4-16-5-7-19/h12-13,16,20-22H,1-9H2/t12-,13-/m1/s1. The highest BCUT2D eigenvalue weighted by Gasteiger charge is 2.24. The highest BCUT2D eigenvalue weighted by atomic mass is 16.5. The molecule has 1 fully saturated rings. The van der Waals surface area contributed by atoms with Gasteiger partial charge in [0.2, 0.25) is 11.8 Å². The predicted octanol–water partition coefficient (Wildman–Crippen LogP) is -1.53. The molecule has 3 rings (SSSR count). The van der Waals surface area contributed by atoms with E-state index in [4.69, 9.17) is 9.84 Å². The topological polar surface area (TPSA) is 111 Å². The van der Waals surface area contributed by atoms with E-state index < -0.39 is 18.8 Å². The van der Waals surface area contributed by atoms with Gasteiger partial charge < -0.3 is 30.3 Å². The maximum absolute atomic E-state index is 9.75. The lowest BCUT2D eigenvalue weighted by atomic mass is 10.2. The number of nitrogens with one attached hydrogen (secondary N) is 1. The minimum absolute atomic E-state index is 0.105. The number of aromatic nitrogens is 2. The van der Waals surface area contributed by atoms with Crippen LogP contribution in [0.1, 0.15) is 17.7 Å². The van der Waals surface area contributed by atoms with Crippen LogP contribution >= 0.6 is 0 Å². The number of ether oxygens (including phenoxy) is 1. The lowest BCUT2D eigenvalue weighted by Gasteiger charge is -2.28. The van der Waals surface area contributed by atoms with Crippen LogP contribution in [0, 0.1) is 0 Å². The normalized spacial score (nSPS) is 20.2. The minimum Gasteiger partial charge on any atom is -0.474 e. The quantitative estimate of drug-likeness (QED) is 0.499. The van der Waals surface area contributed by atoms with Crippen molar-refractivity contribution in [3.8, 4) is 5.88 Å². The van der Waals surface area contributed by atoms with Crippen LogP contribution in [-0.2, 0) is 12.8 Å². The first-order valence-corrected chi connectivity index (χ1v) is 8.14. The predicted molar refractivity (Wildman–Crippen MR) is 83.7 cm³/mol. The molecule has 8 heteroatoms. The highest BCUT2D eigenvalue weighted by Crippen LogP contribution is 2.30. The van der Waals surface area contributed by atoms with Gasteiger partial charge in [0.15, 0.2) is 0 Å². The molecule has 1 aromatic rings. The number of aryl methyl sites for hydroxylation is 1. The molecule has 0 aromatic carbocycles. The zero-order valence-corrected chi connectivity index (χ0v) is 13.1. The monoisotopic (exact) mass is 324 g/mol. The molecule has 4 N–H and O–H groups in total. The Morgan fingerprint density at radius 3 is 2.65 bits per heavy atom. The van der Waals surface area contributed by atoms with Gasteiger partial charge in [0, 0.05) is 31.7 Å². The second kappa shape index (κ2) is 7.39. The Hall–Kier alpha value is -1.48. The zero-order valence-electron chi connectivity index (χ0n) is 13.1. The van der Waals surface area contributed by atoms with Crippen molar-refractivity contribution in [2.45, 2.75) is 31.5 Å². The largest absolute Gasteiger partial charge is 0.474 e. The summed E-state index contributed by atoms with van der Waals surface area (Å²) in [5.74, 6) is 1.16. The fraction of sp³-hybridized carbons (Fsp3) is 0.733. The molecule has 1 aliphatic carbocycles. The summed E-state index contributed by atoms with van der Waals surface area (Å²) < 4.78 is 5.65. The van der Waals surface area contributed by atoms with E-state index in [9.17, 15) is 10.2 Å². The van der Waals surface area contributed by atoms with E-state index in [1.54, 1.807) is 0 Å². The summed E-state index contributed by atoms with van der Waals surface area (Å²) in [6.07, 6.45) is 0.445. The Bertz CT molecular complexity index is 536. The number of anilines is 1. The number of aliphatic hydroxyl groups excluding tert-OH is 3. The lowest BCUT2D eigenvalue weighted by molar-refractivity contribution is -0.0347. The molecule has 8 nitrogen and oxygen atoms in total. The Morgan fingerprint density at radius 1 is 1.13 bits per heavy atom. The van der Waals surface area contributed by atoms with Gasteiger partial charge in [-0.05, 0) is 19.3 Å². The van der Waals surface area contributed by atoms with Gasteiger partial charge in [0.1, 0.15) is 18.8 Å². The summed E-state index contributed by atoms with van der Waals surface area (Å²) >= 11 is 0.